The van der Waals surface area contributed by atoms with E-state index >= 15 is 0 Å². The van der Waals surface area contributed by atoms with E-state index in [0.29, 0.717) is 12.8 Å². The van der Waals surface area contributed by atoms with Crippen molar-refractivity contribution in [3.8, 4) is 0 Å². The molecule has 2 aliphatic rings. The minimum Gasteiger partial charge on any atom is -0.343 e. The van der Waals surface area contributed by atoms with Gasteiger partial charge < -0.3 is 9.80 Å². The summed E-state index contributed by atoms with van der Waals surface area (Å²) in [5, 5.41) is 0. The van der Waals surface area contributed by atoms with Gasteiger partial charge in [0.15, 0.2) is 0 Å². The van der Waals surface area contributed by atoms with Gasteiger partial charge in [-0.25, -0.2) is 0 Å². The molecule has 0 bridgehead atoms. The van der Waals surface area contributed by atoms with Crippen molar-refractivity contribution >= 4 is 29.3 Å². The molecule has 2 amide bonds. The molecule has 2 heterocycles. The molecular formula is C17H22N2O2S. The fourth-order valence-corrected chi connectivity index (χ4v) is 4.07. The van der Waals surface area contributed by atoms with Crippen LogP contribution in [0, 0.1) is 0 Å². The third kappa shape index (κ3) is 3.46. The largest absolute Gasteiger partial charge is 0.343 e. The zero-order valence-corrected chi connectivity index (χ0v) is 13.6. The van der Waals surface area contributed by atoms with Crippen molar-refractivity contribution < 1.29 is 9.59 Å². The van der Waals surface area contributed by atoms with Crippen LogP contribution in [-0.4, -0.2) is 42.1 Å². The van der Waals surface area contributed by atoms with Crippen molar-refractivity contribution in [2.24, 2.45) is 0 Å². The summed E-state index contributed by atoms with van der Waals surface area (Å²) in [7, 11) is 0. The highest BCUT2D eigenvalue weighted by atomic mass is 32.2. The van der Waals surface area contributed by atoms with Gasteiger partial charge in [-0.05, 0) is 31.4 Å². The number of rotatable bonds is 3. The average Bonchev–Trinajstić information content (AvgIpc) is 2.59. The first-order valence-electron chi connectivity index (χ1n) is 8.06. The van der Waals surface area contributed by atoms with Gasteiger partial charge in [0.25, 0.3) is 0 Å². The van der Waals surface area contributed by atoms with E-state index in [1.165, 1.54) is 6.42 Å². The summed E-state index contributed by atoms with van der Waals surface area (Å²) in [6.45, 7) is 2.45. The van der Waals surface area contributed by atoms with Gasteiger partial charge in [-0.3, -0.25) is 9.59 Å². The summed E-state index contributed by atoms with van der Waals surface area (Å²) in [4.78, 5) is 29.6. The Labute approximate surface area is 135 Å². The van der Waals surface area contributed by atoms with Crippen molar-refractivity contribution in [1.82, 2.24) is 4.90 Å². The molecule has 1 aromatic rings. The van der Waals surface area contributed by atoms with Crippen molar-refractivity contribution in [3.05, 3.63) is 24.3 Å². The number of carbonyl (C=O) groups is 2. The second-order valence-electron chi connectivity index (χ2n) is 5.80. The summed E-state index contributed by atoms with van der Waals surface area (Å²) in [6, 6.07) is 8.01. The first-order chi connectivity index (χ1) is 10.8. The fraction of sp³-hybridized carbons (Fsp3) is 0.529. The molecule has 0 unspecified atom stereocenters. The van der Waals surface area contributed by atoms with Gasteiger partial charge in [0.1, 0.15) is 0 Å². The molecule has 0 atom stereocenters. The Hall–Kier alpha value is -1.49. The Balaban J connectivity index is 1.57. The normalized spacial score (nSPS) is 18.0. The molecule has 0 spiro atoms. The lowest BCUT2D eigenvalue weighted by molar-refractivity contribution is -0.133. The number of thioether (sulfide) groups is 1. The summed E-state index contributed by atoms with van der Waals surface area (Å²) in [5.74, 6) is 1.12. The molecule has 0 radical (unpaired) electrons. The molecule has 4 nitrogen and oxygen atoms in total. The van der Waals surface area contributed by atoms with Crippen molar-refractivity contribution in [3.63, 3.8) is 0 Å². The van der Waals surface area contributed by atoms with Gasteiger partial charge in [-0.2, -0.15) is 0 Å². The summed E-state index contributed by atoms with van der Waals surface area (Å²) < 4.78 is 0. The van der Waals surface area contributed by atoms with Crippen LogP contribution in [0.25, 0.3) is 0 Å². The highest BCUT2D eigenvalue weighted by molar-refractivity contribution is 7.99. The standard InChI is InChI=1S/C17H22N2O2S/c20-16(18-10-4-1-5-11-18)8-9-17(21)19-12-13-22-15-7-3-2-6-14(15)19/h2-3,6-7H,1,4-5,8-13H2. The van der Waals surface area contributed by atoms with Crippen LogP contribution in [0.5, 0.6) is 0 Å². The second-order valence-corrected chi connectivity index (χ2v) is 6.94. The summed E-state index contributed by atoms with van der Waals surface area (Å²) in [6.07, 6.45) is 4.05. The highest BCUT2D eigenvalue weighted by Gasteiger charge is 2.24. The molecule has 0 aliphatic carbocycles. The van der Waals surface area contributed by atoms with Crippen LogP contribution < -0.4 is 4.90 Å². The summed E-state index contributed by atoms with van der Waals surface area (Å²) in [5.41, 5.74) is 0.995. The predicted molar refractivity (Wildman–Crippen MR) is 89.2 cm³/mol. The van der Waals surface area contributed by atoms with Crippen LogP contribution in [0.15, 0.2) is 29.2 Å². The lowest BCUT2D eigenvalue weighted by Gasteiger charge is -2.30. The van der Waals surface area contributed by atoms with E-state index < -0.39 is 0 Å². The van der Waals surface area contributed by atoms with Gasteiger partial charge in [0, 0.05) is 43.1 Å². The summed E-state index contributed by atoms with van der Waals surface area (Å²) >= 11 is 1.79. The maximum Gasteiger partial charge on any atom is 0.227 e. The van der Waals surface area contributed by atoms with E-state index in [0.717, 1.165) is 48.8 Å². The molecule has 1 saturated heterocycles. The van der Waals surface area contributed by atoms with E-state index in [9.17, 15) is 9.59 Å². The highest BCUT2D eigenvalue weighted by Crippen LogP contribution is 2.34. The average molecular weight is 318 g/mol. The SMILES string of the molecule is O=C(CCC(=O)N1CCSc2ccccc21)N1CCCCC1. The molecule has 2 aliphatic heterocycles. The lowest BCUT2D eigenvalue weighted by atomic mass is 10.1. The number of hydrogen-bond donors (Lipinski definition) is 0. The van der Waals surface area contributed by atoms with E-state index in [-0.39, 0.29) is 11.8 Å². The van der Waals surface area contributed by atoms with Gasteiger partial charge in [-0.1, -0.05) is 12.1 Å². The molecule has 22 heavy (non-hydrogen) atoms. The van der Waals surface area contributed by atoms with Crippen LogP contribution in [0.3, 0.4) is 0 Å². The van der Waals surface area contributed by atoms with Gasteiger partial charge >= 0.3 is 0 Å². The van der Waals surface area contributed by atoms with Gasteiger partial charge in [-0.15, -0.1) is 11.8 Å². The van der Waals surface area contributed by atoms with Crippen LogP contribution in [0.4, 0.5) is 5.69 Å². The smallest absolute Gasteiger partial charge is 0.227 e. The number of hydrogen-bond acceptors (Lipinski definition) is 3. The number of anilines is 1. The minimum absolute atomic E-state index is 0.0677. The van der Waals surface area contributed by atoms with Crippen molar-refractivity contribution in [2.75, 3.05) is 30.3 Å². The molecule has 5 heteroatoms. The number of nitrogens with zero attached hydrogens (tertiary/aromatic N) is 2. The van der Waals surface area contributed by atoms with Crippen molar-refractivity contribution in [2.45, 2.75) is 37.0 Å². The number of carbonyl (C=O) groups excluding carboxylic acids is 2. The topological polar surface area (TPSA) is 40.6 Å². The Morgan fingerprint density at radius 2 is 1.68 bits per heavy atom. The first-order valence-corrected chi connectivity index (χ1v) is 9.04. The lowest BCUT2D eigenvalue weighted by Crippen LogP contribution is -2.38. The molecular weight excluding hydrogens is 296 g/mol. The fourth-order valence-electron chi connectivity index (χ4n) is 3.08. The molecule has 0 saturated carbocycles. The minimum atomic E-state index is 0.0677. The monoisotopic (exact) mass is 318 g/mol. The van der Waals surface area contributed by atoms with Crippen LogP contribution >= 0.6 is 11.8 Å². The van der Waals surface area contributed by atoms with E-state index in [1.807, 2.05) is 28.0 Å². The predicted octanol–water partition coefficient (Wildman–Crippen LogP) is 2.92. The molecule has 0 N–H and O–H groups in total. The number of likely N-dealkylation sites (tertiary alicyclic amines) is 1. The van der Waals surface area contributed by atoms with Crippen LogP contribution in [0.1, 0.15) is 32.1 Å². The molecule has 1 fully saturated rings. The molecule has 1 aromatic carbocycles. The number of fused-ring (bicyclic) bond motifs is 1. The van der Waals surface area contributed by atoms with Crippen molar-refractivity contribution in [1.29, 1.82) is 0 Å². The molecule has 3 rings (SSSR count). The second kappa shape index (κ2) is 7.18. The quantitative estimate of drug-likeness (QED) is 0.860. The number of para-hydroxylation sites is 1. The van der Waals surface area contributed by atoms with Crippen LogP contribution in [0.2, 0.25) is 0 Å². The number of piperidine rings is 1. The Morgan fingerprint density at radius 3 is 2.50 bits per heavy atom. The Bertz CT molecular complexity index is 555. The Kier molecular flexibility index (Phi) is 5.03. The third-order valence-corrected chi connectivity index (χ3v) is 5.33. The van der Waals surface area contributed by atoms with Crippen LogP contribution in [-0.2, 0) is 9.59 Å². The van der Waals surface area contributed by atoms with E-state index in [2.05, 4.69) is 6.07 Å². The number of amides is 2. The number of benzene rings is 1. The maximum absolute atomic E-state index is 12.5. The maximum atomic E-state index is 12.5. The third-order valence-electron chi connectivity index (χ3n) is 4.29. The zero-order valence-electron chi connectivity index (χ0n) is 12.8. The Morgan fingerprint density at radius 1 is 0.955 bits per heavy atom. The molecule has 0 aromatic heterocycles. The van der Waals surface area contributed by atoms with E-state index in [4.69, 9.17) is 0 Å². The molecule has 118 valence electrons. The van der Waals surface area contributed by atoms with Gasteiger partial charge in [0.05, 0.1) is 5.69 Å². The van der Waals surface area contributed by atoms with Gasteiger partial charge in [0.2, 0.25) is 11.8 Å². The zero-order chi connectivity index (χ0) is 15.4. The van der Waals surface area contributed by atoms with E-state index in [1.54, 1.807) is 11.8 Å². The first kappa shape index (κ1) is 15.4.